The Morgan fingerprint density at radius 2 is 1.53 bits per heavy atom. The number of nitrogens with one attached hydrogen (secondary N) is 5. The molecule has 5 rings (SSSR count). The van der Waals surface area contributed by atoms with E-state index in [9.17, 15) is 22.8 Å². The Bertz CT molecular complexity index is 1490. The molecule has 0 unspecified atom stereocenters. The van der Waals surface area contributed by atoms with E-state index in [0.717, 1.165) is 11.3 Å². The van der Waals surface area contributed by atoms with Crippen LogP contribution in [0.25, 0.3) is 11.6 Å². The number of H-pyrrole nitrogens is 1. The minimum absolute atomic E-state index is 0.199. The molecule has 10 heteroatoms. The molecule has 4 aromatic rings. The van der Waals surface area contributed by atoms with Crippen LogP contribution in [-0.4, -0.2) is 16.9 Å². The van der Waals surface area contributed by atoms with E-state index in [-0.39, 0.29) is 11.6 Å². The number of urea groups is 1. The highest BCUT2D eigenvalue weighted by Gasteiger charge is 2.24. The molecular weight excluding hydrogens is 471 g/mol. The van der Waals surface area contributed by atoms with Crippen molar-refractivity contribution >= 4 is 52.0 Å². The van der Waals surface area contributed by atoms with Crippen LogP contribution in [-0.2, 0) is 4.79 Å². The molecule has 180 valence electrons. The van der Waals surface area contributed by atoms with E-state index in [2.05, 4.69) is 26.3 Å². The fourth-order valence-electron chi connectivity index (χ4n) is 3.77. The number of hydrogen-bond acceptors (Lipinski definition) is 3. The molecule has 3 amide bonds. The number of amides is 3. The van der Waals surface area contributed by atoms with Crippen LogP contribution < -0.4 is 21.3 Å². The van der Waals surface area contributed by atoms with Crippen LogP contribution in [0.1, 0.15) is 11.3 Å². The van der Waals surface area contributed by atoms with Gasteiger partial charge in [-0.25, -0.2) is 18.0 Å². The van der Waals surface area contributed by atoms with Crippen molar-refractivity contribution in [2.45, 2.75) is 0 Å². The van der Waals surface area contributed by atoms with E-state index in [0.29, 0.717) is 40.5 Å². The van der Waals surface area contributed by atoms with Crippen LogP contribution >= 0.6 is 0 Å². The van der Waals surface area contributed by atoms with Gasteiger partial charge in [-0.3, -0.25) is 4.79 Å². The third kappa shape index (κ3) is 4.78. The van der Waals surface area contributed by atoms with E-state index < -0.39 is 23.5 Å². The van der Waals surface area contributed by atoms with Gasteiger partial charge in [-0.15, -0.1) is 0 Å². The SMILES string of the molecule is O=C(Nc1cccc(Nc2ccc3c(c2)NC(=O)/C3=C/c2ccc[nH]2)c1)Nc1cc(F)c(F)c(F)c1. The zero-order valence-corrected chi connectivity index (χ0v) is 18.5. The van der Waals surface area contributed by atoms with Crippen molar-refractivity contribution in [3.05, 3.63) is 102 Å². The largest absolute Gasteiger partial charge is 0.362 e. The Morgan fingerprint density at radius 3 is 2.28 bits per heavy atom. The topological polar surface area (TPSA) is 98.1 Å². The minimum Gasteiger partial charge on any atom is -0.362 e. The second kappa shape index (κ2) is 9.34. The highest BCUT2D eigenvalue weighted by molar-refractivity contribution is 6.35. The number of aromatic nitrogens is 1. The zero-order valence-electron chi connectivity index (χ0n) is 18.5. The molecule has 0 saturated carbocycles. The highest BCUT2D eigenvalue weighted by atomic mass is 19.2. The summed E-state index contributed by atoms with van der Waals surface area (Å²) in [5.74, 6) is -4.63. The van der Waals surface area contributed by atoms with Gasteiger partial charge in [0.25, 0.3) is 5.91 Å². The van der Waals surface area contributed by atoms with Crippen molar-refractivity contribution in [2.75, 3.05) is 21.3 Å². The van der Waals surface area contributed by atoms with Crippen LogP contribution in [0.2, 0.25) is 0 Å². The van der Waals surface area contributed by atoms with Crippen molar-refractivity contribution in [3.63, 3.8) is 0 Å². The van der Waals surface area contributed by atoms with Gasteiger partial charge in [0, 0.05) is 52.3 Å². The lowest BCUT2D eigenvalue weighted by Crippen LogP contribution is -2.19. The van der Waals surface area contributed by atoms with Crippen LogP contribution in [0.5, 0.6) is 0 Å². The lowest BCUT2D eigenvalue weighted by molar-refractivity contribution is -0.110. The standard InChI is InChI=1S/C26H18F3N5O2/c27-21-11-18(12-22(28)24(21)29)33-26(36)32-16-4-1-3-15(9-16)31-17-6-7-19-20(10-14-5-2-8-30-14)25(35)34-23(19)13-17/h1-13,30-31H,(H,34,35)(H2,32,33,36)/b20-10+. The first-order chi connectivity index (χ1) is 17.4. The molecule has 3 aromatic carbocycles. The van der Waals surface area contributed by atoms with Crippen LogP contribution in [0.15, 0.2) is 72.9 Å². The van der Waals surface area contributed by atoms with E-state index in [1.165, 1.54) is 0 Å². The Morgan fingerprint density at radius 1 is 0.806 bits per heavy atom. The van der Waals surface area contributed by atoms with E-state index in [1.54, 1.807) is 42.6 Å². The van der Waals surface area contributed by atoms with Crippen molar-refractivity contribution in [1.29, 1.82) is 0 Å². The van der Waals surface area contributed by atoms with Gasteiger partial charge < -0.3 is 26.3 Å². The summed E-state index contributed by atoms with van der Waals surface area (Å²) < 4.78 is 39.8. The number of carbonyl (C=O) groups excluding carboxylic acids is 2. The minimum atomic E-state index is -1.61. The first-order valence-electron chi connectivity index (χ1n) is 10.8. The molecule has 1 aliphatic rings. The molecular formula is C26H18F3N5O2. The maximum absolute atomic E-state index is 13.4. The summed E-state index contributed by atoms with van der Waals surface area (Å²) in [6, 6.07) is 16.5. The summed E-state index contributed by atoms with van der Waals surface area (Å²) in [6.07, 6.45) is 3.56. The van der Waals surface area contributed by atoms with E-state index >= 15 is 0 Å². The number of halogens is 3. The second-order valence-electron chi connectivity index (χ2n) is 7.94. The molecule has 1 aliphatic heterocycles. The van der Waals surface area contributed by atoms with Crippen LogP contribution in [0.4, 0.5) is 46.4 Å². The Balaban J connectivity index is 1.28. The fraction of sp³-hybridized carbons (Fsp3) is 0. The average Bonchev–Trinajstić information content (AvgIpc) is 3.45. The number of rotatable bonds is 5. The molecule has 0 saturated heterocycles. The third-order valence-corrected chi connectivity index (χ3v) is 5.38. The molecule has 0 aliphatic carbocycles. The normalized spacial score (nSPS) is 13.3. The zero-order chi connectivity index (χ0) is 25.2. The van der Waals surface area contributed by atoms with Crippen LogP contribution in [0, 0.1) is 17.5 Å². The summed E-state index contributed by atoms with van der Waals surface area (Å²) in [6.45, 7) is 0. The molecule has 7 nitrogen and oxygen atoms in total. The molecule has 0 spiro atoms. The number of carbonyl (C=O) groups is 2. The van der Waals surface area contributed by atoms with Crippen molar-refractivity contribution in [3.8, 4) is 0 Å². The number of fused-ring (bicyclic) bond motifs is 1. The number of anilines is 5. The van der Waals surface area contributed by atoms with Gasteiger partial charge >= 0.3 is 6.03 Å². The van der Waals surface area contributed by atoms with Crippen LogP contribution in [0.3, 0.4) is 0 Å². The molecule has 0 atom stereocenters. The van der Waals surface area contributed by atoms with Gasteiger partial charge in [-0.2, -0.15) is 0 Å². The molecule has 2 heterocycles. The summed E-state index contributed by atoms with van der Waals surface area (Å²) in [5, 5.41) is 10.9. The molecule has 0 bridgehead atoms. The third-order valence-electron chi connectivity index (χ3n) is 5.38. The monoisotopic (exact) mass is 489 g/mol. The van der Waals surface area contributed by atoms with Gasteiger partial charge in [0.15, 0.2) is 17.5 Å². The van der Waals surface area contributed by atoms with Crippen molar-refractivity contribution in [2.24, 2.45) is 0 Å². The van der Waals surface area contributed by atoms with Crippen molar-refractivity contribution < 1.29 is 22.8 Å². The predicted octanol–water partition coefficient (Wildman–Crippen LogP) is 6.31. The first kappa shape index (κ1) is 22.8. The van der Waals surface area contributed by atoms with E-state index in [4.69, 9.17) is 0 Å². The van der Waals surface area contributed by atoms with Gasteiger partial charge in [-0.1, -0.05) is 12.1 Å². The molecule has 5 N–H and O–H groups in total. The Labute approximate surface area is 203 Å². The number of aromatic amines is 1. The molecule has 36 heavy (non-hydrogen) atoms. The van der Waals surface area contributed by atoms with Gasteiger partial charge in [-0.05, 0) is 48.5 Å². The quantitative estimate of drug-likeness (QED) is 0.168. The van der Waals surface area contributed by atoms with Gasteiger partial charge in [0.05, 0.1) is 11.3 Å². The fourth-order valence-corrected chi connectivity index (χ4v) is 3.77. The maximum atomic E-state index is 13.4. The Hall–Kier alpha value is -4.99. The summed E-state index contributed by atoms with van der Waals surface area (Å²) in [5.41, 5.74) is 4.31. The molecule has 1 aromatic heterocycles. The lowest BCUT2D eigenvalue weighted by Gasteiger charge is -2.12. The predicted molar refractivity (Wildman–Crippen MR) is 132 cm³/mol. The number of hydrogen-bond donors (Lipinski definition) is 5. The smallest absolute Gasteiger partial charge is 0.323 e. The summed E-state index contributed by atoms with van der Waals surface area (Å²) in [4.78, 5) is 27.7. The maximum Gasteiger partial charge on any atom is 0.323 e. The summed E-state index contributed by atoms with van der Waals surface area (Å²) in [7, 11) is 0. The molecule has 0 fully saturated rings. The van der Waals surface area contributed by atoms with Gasteiger partial charge in [0.1, 0.15) is 0 Å². The number of benzene rings is 3. The average molecular weight is 489 g/mol. The summed E-state index contributed by atoms with van der Waals surface area (Å²) >= 11 is 0. The first-order valence-corrected chi connectivity index (χ1v) is 10.8. The van der Waals surface area contributed by atoms with E-state index in [1.807, 2.05) is 24.3 Å². The highest BCUT2D eigenvalue weighted by Crippen LogP contribution is 2.35. The lowest BCUT2D eigenvalue weighted by atomic mass is 10.1. The van der Waals surface area contributed by atoms with Gasteiger partial charge in [0.2, 0.25) is 0 Å². The molecule has 0 radical (unpaired) electrons. The van der Waals surface area contributed by atoms with Crippen molar-refractivity contribution in [1.82, 2.24) is 4.98 Å². The second-order valence-corrected chi connectivity index (χ2v) is 7.94. The Kier molecular flexibility index (Phi) is 5.91.